The lowest BCUT2D eigenvalue weighted by Crippen LogP contribution is -2.26. The summed E-state index contributed by atoms with van der Waals surface area (Å²) in [5, 5.41) is 14.9. The van der Waals surface area contributed by atoms with Gasteiger partial charge in [0.1, 0.15) is 0 Å². The van der Waals surface area contributed by atoms with Crippen LogP contribution < -0.4 is 15.5 Å². The van der Waals surface area contributed by atoms with Gasteiger partial charge in [-0.15, -0.1) is 0 Å². The van der Waals surface area contributed by atoms with E-state index in [2.05, 4.69) is 10.5 Å². The van der Waals surface area contributed by atoms with E-state index in [4.69, 9.17) is 14.5 Å². The molecule has 2 amide bonds. The molecule has 0 radical (unpaired) electrons. The van der Waals surface area contributed by atoms with Gasteiger partial charge in [0, 0.05) is 12.1 Å². The van der Waals surface area contributed by atoms with Crippen molar-refractivity contribution in [2.75, 3.05) is 13.2 Å². The highest BCUT2D eigenvalue weighted by atomic mass is 16.5. The van der Waals surface area contributed by atoms with Crippen LogP contribution in [0.3, 0.4) is 0 Å². The lowest BCUT2D eigenvalue weighted by atomic mass is 9.99. The summed E-state index contributed by atoms with van der Waals surface area (Å²) in [6.07, 6.45) is 0.543. The third-order valence-corrected chi connectivity index (χ3v) is 4.25. The van der Waals surface area contributed by atoms with E-state index in [0.717, 1.165) is 16.7 Å². The average Bonchev–Trinajstić information content (AvgIpc) is 3.22. The second-order valence-electron chi connectivity index (χ2n) is 6.32. The summed E-state index contributed by atoms with van der Waals surface area (Å²) in [6, 6.07) is 17.0. The molecule has 0 aliphatic rings. The Balaban J connectivity index is 1.46. The number of hydrogen-bond donors (Lipinski definition) is 3. The number of hydroxylamine groups is 1. The summed E-state index contributed by atoms with van der Waals surface area (Å²) >= 11 is 0. The van der Waals surface area contributed by atoms with Gasteiger partial charge >= 0.3 is 5.91 Å². The molecule has 1 heterocycles. The fourth-order valence-electron chi connectivity index (χ4n) is 2.76. The number of carbonyl (C=O) groups is 2. The first kappa shape index (κ1) is 20.1. The predicted molar refractivity (Wildman–Crippen MR) is 105 cm³/mol. The molecule has 1 aromatic heterocycles. The number of hydrogen-bond acceptors (Lipinski definition) is 6. The largest absolute Gasteiger partial charge is 0.475 e. The van der Waals surface area contributed by atoms with Gasteiger partial charge in [-0.25, -0.2) is 5.48 Å². The van der Waals surface area contributed by atoms with E-state index in [9.17, 15) is 9.59 Å². The van der Waals surface area contributed by atoms with Gasteiger partial charge in [0.2, 0.25) is 5.76 Å². The van der Waals surface area contributed by atoms with Gasteiger partial charge in [-0.2, -0.15) is 0 Å². The van der Waals surface area contributed by atoms with Crippen LogP contribution in [0.15, 0.2) is 59.1 Å². The van der Waals surface area contributed by atoms with Gasteiger partial charge in [-0.05, 0) is 41.3 Å². The van der Waals surface area contributed by atoms with Crippen LogP contribution in [0.1, 0.15) is 32.9 Å². The lowest BCUT2D eigenvalue weighted by Gasteiger charge is -2.10. The number of nitrogens with one attached hydrogen (secondary N) is 2. The van der Waals surface area contributed by atoms with Crippen molar-refractivity contribution in [3.63, 3.8) is 0 Å². The van der Waals surface area contributed by atoms with Crippen molar-refractivity contribution in [3.05, 3.63) is 71.5 Å². The van der Waals surface area contributed by atoms with E-state index in [1.165, 1.54) is 11.5 Å². The van der Waals surface area contributed by atoms with Gasteiger partial charge in [0.05, 0.1) is 12.7 Å². The number of aromatic nitrogens is 1. The number of nitrogens with zero attached hydrogens (tertiary/aromatic N) is 1. The number of ether oxygens (including phenoxy) is 1. The van der Waals surface area contributed by atoms with Crippen LogP contribution in [0, 0.1) is 6.92 Å². The minimum atomic E-state index is -0.812. The lowest BCUT2D eigenvalue weighted by molar-refractivity contribution is 0.0666. The molecular weight excluding hydrogens is 374 g/mol. The molecule has 0 saturated carbocycles. The number of amides is 2. The molecule has 0 bridgehead atoms. The summed E-state index contributed by atoms with van der Waals surface area (Å²) in [5.74, 6) is -0.994. The predicted octanol–water partition coefficient (Wildman–Crippen LogP) is 2.97. The average molecular weight is 395 g/mol. The Morgan fingerprint density at radius 1 is 1.07 bits per heavy atom. The molecule has 0 spiro atoms. The van der Waals surface area contributed by atoms with Crippen LogP contribution >= 0.6 is 0 Å². The Kier molecular flexibility index (Phi) is 6.59. The van der Waals surface area contributed by atoms with Crippen LogP contribution in [0.4, 0.5) is 0 Å². The Morgan fingerprint density at radius 2 is 1.86 bits per heavy atom. The van der Waals surface area contributed by atoms with Crippen molar-refractivity contribution in [1.82, 2.24) is 16.0 Å². The normalized spacial score (nSPS) is 10.4. The van der Waals surface area contributed by atoms with E-state index in [1.807, 2.05) is 55.5 Å². The fraction of sp³-hybridized carbons (Fsp3) is 0.190. The topological polar surface area (TPSA) is 114 Å². The molecule has 3 aromatic rings. The first-order valence-corrected chi connectivity index (χ1v) is 9.06. The molecule has 3 N–H and O–H groups in total. The maximum absolute atomic E-state index is 12.4. The van der Waals surface area contributed by atoms with Gasteiger partial charge in [0.25, 0.3) is 11.8 Å². The first-order valence-electron chi connectivity index (χ1n) is 9.06. The van der Waals surface area contributed by atoms with Gasteiger partial charge in [-0.3, -0.25) is 14.8 Å². The smallest absolute Gasteiger partial charge is 0.313 e. The molecule has 0 unspecified atom stereocenters. The zero-order valence-corrected chi connectivity index (χ0v) is 15.8. The van der Waals surface area contributed by atoms with Crippen LogP contribution in [0.5, 0.6) is 5.88 Å². The zero-order valence-electron chi connectivity index (χ0n) is 15.8. The summed E-state index contributed by atoms with van der Waals surface area (Å²) in [7, 11) is 0. The van der Waals surface area contributed by atoms with Crippen molar-refractivity contribution in [1.29, 1.82) is 0 Å². The first-order chi connectivity index (χ1) is 14.1. The molecule has 3 rings (SSSR count). The van der Waals surface area contributed by atoms with E-state index in [1.54, 1.807) is 0 Å². The van der Waals surface area contributed by atoms with E-state index >= 15 is 0 Å². The van der Waals surface area contributed by atoms with E-state index in [-0.39, 0.29) is 24.2 Å². The minimum absolute atomic E-state index is 0.127. The number of benzene rings is 2. The van der Waals surface area contributed by atoms with E-state index < -0.39 is 5.91 Å². The Labute approximate surface area is 167 Å². The van der Waals surface area contributed by atoms with Gasteiger partial charge < -0.3 is 14.6 Å². The summed E-state index contributed by atoms with van der Waals surface area (Å²) in [6.45, 7) is 2.61. The second-order valence-corrected chi connectivity index (χ2v) is 6.32. The summed E-state index contributed by atoms with van der Waals surface area (Å²) < 4.78 is 10.0. The molecule has 8 nitrogen and oxygen atoms in total. The summed E-state index contributed by atoms with van der Waals surface area (Å²) in [5.41, 5.74) is 5.14. The van der Waals surface area contributed by atoms with Crippen molar-refractivity contribution in [2.45, 2.75) is 13.3 Å². The van der Waals surface area contributed by atoms with Crippen LogP contribution in [0.2, 0.25) is 0 Å². The SMILES string of the molecule is Cc1cc(-c2ccccc2)ccc1C(=O)NCCCOc1cc(C(=O)NO)on1. The number of carbonyl (C=O) groups excluding carboxylic acids is 2. The van der Waals surface area contributed by atoms with Gasteiger partial charge in [0.15, 0.2) is 0 Å². The molecule has 8 heteroatoms. The highest BCUT2D eigenvalue weighted by molar-refractivity contribution is 5.96. The Morgan fingerprint density at radius 3 is 2.59 bits per heavy atom. The maximum atomic E-state index is 12.4. The Hall–Kier alpha value is -3.65. The zero-order chi connectivity index (χ0) is 20.6. The maximum Gasteiger partial charge on any atom is 0.313 e. The van der Waals surface area contributed by atoms with Crippen molar-refractivity contribution >= 4 is 11.8 Å². The number of rotatable bonds is 8. The monoisotopic (exact) mass is 395 g/mol. The van der Waals surface area contributed by atoms with Crippen molar-refractivity contribution < 1.29 is 24.1 Å². The molecular formula is C21H21N3O5. The van der Waals surface area contributed by atoms with Crippen LogP contribution in [-0.4, -0.2) is 35.3 Å². The van der Waals surface area contributed by atoms with Crippen molar-refractivity contribution in [3.8, 4) is 17.0 Å². The fourth-order valence-corrected chi connectivity index (χ4v) is 2.76. The highest BCUT2D eigenvalue weighted by Gasteiger charge is 2.13. The molecule has 29 heavy (non-hydrogen) atoms. The Bertz CT molecular complexity index is 985. The molecule has 0 aliphatic heterocycles. The minimum Gasteiger partial charge on any atom is -0.475 e. The van der Waals surface area contributed by atoms with Crippen LogP contribution in [0.25, 0.3) is 11.1 Å². The standard InChI is InChI=1S/C21H21N3O5/c1-14-12-16(15-6-3-2-4-7-15)8-9-17(14)20(25)22-10-5-11-28-19-13-18(29-24-19)21(26)23-27/h2-4,6-9,12-13,27H,5,10-11H2,1H3,(H,22,25)(H,23,26). The summed E-state index contributed by atoms with van der Waals surface area (Å²) in [4.78, 5) is 23.6. The third kappa shape index (κ3) is 5.20. The molecule has 150 valence electrons. The molecule has 2 aromatic carbocycles. The molecule has 0 aliphatic carbocycles. The third-order valence-electron chi connectivity index (χ3n) is 4.25. The second kappa shape index (κ2) is 9.52. The van der Waals surface area contributed by atoms with Crippen molar-refractivity contribution in [2.24, 2.45) is 0 Å². The molecule has 0 atom stereocenters. The van der Waals surface area contributed by atoms with Gasteiger partial charge in [-0.1, -0.05) is 42.5 Å². The molecule has 0 saturated heterocycles. The molecule has 0 fully saturated rings. The highest BCUT2D eigenvalue weighted by Crippen LogP contribution is 2.22. The van der Waals surface area contributed by atoms with Crippen LogP contribution in [-0.2, 0) is 0 Å². The number of aryl methyl sites for hydroxylation is 1. The van der Waals surface area contributed by atoms with E-state index in [0.29, 0.717) is 18.5 Å². The quantitative estimate of drug-likeness (QED) is 0.307.